The number of nitrogens with one attached hydrogen (secondary N) is 1. The second-order valence-corrected chi connectivity index (χ2v) is 7.93. The molecule has 1 heterocycles. The van der Waals surface area contributed by atoms with E-state index in [4.69, 9.17) is 14.2 Å². The highest BCUT2D eigenvalue weighted by Crippen LogP contribution is 2.28. The summed E-state index contributed by atoms with van der Waals surface area (Å²) in [4.78, 5) is 39.4. The maximum Gasteiger partial charge on any atom is 0.352 e. The van der Waals surface area contributed by atoms with Gasteiger partial charge in [0.15, 0.2) is 11.5 Å². The normalized spacial score (nSPS) is 10.8. The molecule has 3 rings (SSSR count). The maximum atomic E-state index is 13.4. The first-order chi connectivity index (χ1) is 16.3. The summed E-state index contributed by atoms with van der Waals surface area (Å²) in [5.74, 6) is 0.908. The molecule has 3 aromatic rings. The van der Waals surface area contributed by atoms with Gasteiger partial charge in [0.05, 0.1) is 33.6 Å². The number of aromatic nitrogens is 3. The molecule has 0 saturated carbocycles. The van der Waals surface area contributed by atoms with Crippen LogP contribution in [0.3, 0.4) is 0 Å². The highest BCUT2D eigenvalue weighted by atomic mass is 16.5. The van der Waals surface area contributed by atoms with Gasteiger partial charge in [0.1, 0.15) is 5.75 Å². The van der Waals surface area contributed by atoms with Crippen LogP contribution >= 0.6 is 0 Å². The van der Waals surface area contributed by atoms with E-state index in [1.165, 1.54) is 21.3 Å². The van der Waals surface area contributed by atoms with Crippen molar-refractivity contribution in [3.63, 3.8) is 0 Å². The Kier molecular flexibility index (Phi) is 7.72. The molecule has 0 radical (unpaired) electrons. The molecule has 1 amide bonds. The van der Waals surface area contributed by atoms with Gasteiger partial charge < -0.3 is 19.5 Å². The van der Waals surface area contributed by atoms with Crippen LogP contribution in [0.5, 0.6) is 17.2 Å². The predicted molar refractivity (Wildman–Crippen MR) is 126 cm³/mol. The van der Waals surface area contributed by atoms with Crippen LogP contribution in [-0.4, -0.2) is 48.1 Å². The maximum absolute atomic E-state index is 13.4. The third-order valence-electron chi connectivity index (χ3n) is 5.03. The van der Waals surface area contributed by atoms with Gasteiger partial charge in [-0.2, -0.15) is 9.78 Å². The van der Waals surface area contributed by atoms with Crippen LogP contribution in [0.25, 0.3) is 5.69 Å². The first kappa shape index (κ1) is 24.6. The summed E-state index contributed by atoms with van der Waals surface area (Å²) in [6.07, 6.45) is 0. The molecule has 10 heteroatoms. The van der Waals surface area contributed by atoms with E-state index in [-0.39, 0.29) is 12.5 Å². The van der Waals surface area contributed by atoms with Gasteiger partial charge >= 0.3 is 5.69 Å². The highest BCUT2D eigenvalue weighted by molar-refractivity contribution is 5.91. The number of hydrogen-bond acceptors (Lipinski definition) is 7. The fraction of sp³-hybridized carbons (Fsp3) is 0.333. The average Bonchev–Trinajstić information content (AvgIpc) is 2.84. The fourth-order valence-electron chi connectivity index (χ4n) is 3.26. The van der Waals surface area contributed by atoms with E-state index < -0.39 is 22.9 Å². The number of methoxy groups -OCH3 is 3. The first-order valence-corrected chi connectivity index (χ1v) is 10.7. The summed E-state index contributed by atoms with van der Waals surface area (Å²) in [7, 11) is 4.48. The van der Waals surface area contributed by atoms with Gasteiger partial charge in [-0.25, -0.2) is 4.79 Å². The number of rotatable bonds is 9. The third-order valence-corrected chi connectivity index (χ3v) is 5.03. The van der Waals surface area contributed by atoms with Gasteiger partial charge in [0.2, 0.25) is 5.69 Å². The van der Waals surface area contributed by atoms with Gasteiger partial charge in [-0.05, 0) is 35.7 Å². The lowest BCUT2D eigenvalue weighted by Gasteiger charge is -2.14. The minimum Gasteiger partial charge on any atom is -0.497 e. The molecule has 0 saturated heterocycles. The summed E-state index contributed by atoms with van der Waals surface area (Å²) in [5, 5.41) is 6.82. The Labute approximate surface area is 196 Å². The standard InChI is InChI=1S/C24H28N4O6/c1-15(2)13-25-22(29)21-23(30)27(14-16-7-6-8-18(11-16)32-3)24(31)28(26-21)17-9-10-19(33-4)20(12-17)34-5/h6-12,15H,13-14H2,1-5H3,(H,25,29). The SMILES string of the molecule is COc1cccc(Cn2c(=O)c(C(=O)NCC(C)C)nn(-c3ccc(OC)c(OC)c3)c2=O)c1. The lowest BCUT2D eigenvalue weighted by molar-refractivity contribution is 0.0939. The van der Waals surface area contributed by atoms with E-state index in [0.29, 0.717) is 35.0 Å². The number of carbonyl (C=O) groups excluding carboxylic acids is 1. The van der Waals surface area contributed by atoms with Crippen molar-refractivity contribution >= 4 is 5.91 Å². The molecular weight excluding hydrogens is 440 g/mol. The molecule has 1 aromatic heterocycles. The minimum absolute atomic E-state index is 0.0743. The van der Waals surface area contributed by atoms with Gasteiger partial charge in [-0.15, -0.1) is 0 Å². The molecule has 1 N–H and O–H groups in total. The Hall–Kier alpha value is -4.08. The van der Waals surface area contributed by atoms with Crippen molar-refractivity contribution in [2.75, 3.05) is 27.9 Å². The minimum atomic E-state index is -0.786. The van der Waals surface area contributed by atoms with Crippen LogP contribution in [0.15, 0.2) is 52.1 Å². The van der Waals surface area contributed by atoms with Crippen molar-refractivity contribution in [3.05, 3.63) is 74.6 Å². The smallest absolute Gasteiger partial charge is 0.352 e. The van der Waals surface area contributed by atoms with Crippen molar-refractivity contribution in [2.45, 2.75) is 20.4 Å². The van der Waals surface area contributed by atoms with Crippen molar-refractivity contribution in [1.29, 1.82) is 0 Å². The zero-order valence-corrected chi connectivity index (χ0v) is 19.8. The number of amides is 1. The second-order valence-electron chi connectivity index (χ2n) is 7.93. The first-order valence-electron chi connectivity index (χ1n) is 10.7. The van der Waals surface area contributed by atoms with Gasteiger partial charge in [0.25, 0.3) is 11.5 Å². The molecule has 0 unspecified atom stereocenters. The van der Waals surface area contributed by atoms with Crippen LogP contribution in [-0.2, 0) is 6.54 Å². The van der Waals surface area contributed by atoms with E-state index in [9.17, 15) is 14.4 Å². The zero-order valence-electron chi connectivity index (χ0n) is 19.8. The molecule has 0 atom stereocenters. The molecule has 2 aromatic carbocycles. The Bertz CT molecular complexity index is 1300. The number of hydrogen-bond donors (Lipinski definition) is 1. The summed E-state index contributed by atoms with van der Waals surface area (Å²) in [6.45, 7) is 4.14. The Morgan fingerprint density at radius 1 is 1.00 bits per heavy atom. The number of nitrogens with zero attached hydrogens (tertiary/aromatic N) is 3. The molecule has 34 heavy (non-hydrogen) atoms. The lowest BCUT2D eigenvalue weighted by atomic mass is 10.2. The van der Waals surface area contributed by atoms with Crippen LogP contribution in [0.1, 0.15) is 29.9 Å². The molecule has 0 aliphatic heterocycles. The molecule has 0 spiro atoms. The van der Waals surface area contributed by atoms with Gasteiger partial charge in [-0.3, -0.25) is 14.2 Å². The fourth-order valence-corrected chi connectivity index (χ4v) is 3.26. The largest absolute Gasteiger partial charge is 0.497 e. The van der Waals surface area contributed by atoms with Crippen LogP contribution < -0.4 is 30.8 Å². The highest BCUT2D eigenvalue weighted by Gasteiger charge is 2.21. The molecule has 0 aliphatic rings. The summed E-state index contributed by atoms with van der Waals surface area (Å²) in [6, 6.07) is 11.7. The van der Waals surface area contributed by atoms with Crippen LogP contribution in [0, 0.1) is 5.92 Å². The van der Waals surface area contributed by atoms with Crippen molar-refractivity contribution < 1.29 is 19.0 Å². The Morgan fingerprint density at radius 3 is 2.38 bits per heavy atom. The Morgan fingerprint density at radius 2 is 1.74 bits per heavy atom. The van der Waals surface area contributed by atoms with Crippen molar-refractivity contribution in [1.82, 2.24) is 19.7 Å². The number of ether oxygens (including phenoxy) is 3. The molecule has 10 nitrogen and oxygen atoms in total. The molecule has 0 aliphatic carbocycles. The molecule has 0 fully saturated rings. The second kappa shape index (κ2) is 10.7. The molecule has 0 bridgehead atoms. The molecule has 180 valence electrons. The number of benzene rings is 2. The monoisotopic (exact) mass is 468 g/mol. The summed E-state index contributed by atoms with van der Waals surface area (Å²) in [5.41, 5.74) is -0.929. The lowest BCUT2D eigenvalue weighted by Crippen LogP contribution is -2.46. The topological polar surface area (TPSA) is 114 Å². The summed E-state index contributed by atoms with van der Waals surface area (Å²) < 4.78 is 17.8. The zero-order chi connectivity index (χ0) is 24.8. The van der Waals surface area contributed by atoms with Gasteiger partial charge in [-0.1, -0.05) is 26.0 Å². The number of carbonyl (C=O) groups is 1. The Balaban J connectivity index is 2.19. The van der Waals surface area contributed by atoms with Crippen molar-refractivity contribution in [2.24, 2.45) is 5.92 Å². The van der Waals surface area contributed by atoms with Crippen LogP contribution in [0.4, 0.5) is 0 Å². The molecular formula is C24H28N4O6. The van der Waals surface area contributed by atoms with E-state index in [1.54, 1.807) is 42.5 Å². The average molecular weight is 469 g/mol. The quantitative estimate of drug-likeness (QED) is 0.510. The van der Waals surface area contributed by atoms with E-state index in [0.717, 1.165) is 9.25 Å². The van der Waals surface area contributed by atoms with Crippen molar-refractivity contribution in [3.8, 4) is 22.9 Å². The third kappa shape index (κ3) is 5.28. The van der Waals surface area contributed by atoms with Gasteiger partial charge in [0, 0.05) is 12.6 Å². The van der Waals surface area contributed by atoms with Crippen LogP contribution in [0.2, 0.25) is 0 Å². The van der Waals surface area contributed by atoms with E-state index >= 15 is 0 Å². The summed E-state index contributed by atoms with van der Waals surface area (Å²) >= 11 is 0. The predicted octanol–water partition coefficient (Wildman–Crippen LogP) is 1.85. The van der Waals surface area contributed by atoms with E-state index in [1.807, 2.05) is 13.8 Å². The van der Waals surface area contributed by atoms with E-state index in [2.05, 4.69) is 10.4 Å².